The Morgan fingerprint density at radius 1 is 1.05 bits per heavy atom. The van der Waals surface area contributed by atoms with Gasteiger partial charge in [0, 0.05) is 19.1 Å². The molecule has 2 nitrogen and oxygen atoms in total. The van der Waals surface area contributed by atoms with Crippen LogP contribution in [0.15, 0.2) is 18.2 Å². The number of hydrogen-bond donors (Lipinski definition) is 0. The van der Waals surface area contributed by atoms with Crippen molar-refractivity contribution in [3.8, 4) is 5.75 Å². The Hall–Kier alpha value is -1.02. The molecule has 0 aliphatic heterocycles. The van der Waals surface area contributed by atoms with Crippen LogP contribution in [-0.4, -0.2) is 31.1 Å². The van der Waals surface area contributed by atoms with Crippen LogP contribution in [0.3, 0.4) is 0 Å². The van der Waals surface area contributed by atoms with Crippen molar-refractivity contribution in [2.45, 2.75) is 57.4 Å². The van der Waals surface area contributed by atoms with E-state index >= 15 is 0 Å². The zero-order valence-electron chi connectivity index (χ0n) is 14.1. The van der Waals surface area contributed by atoms with Gasteiger partial charge < -0.3 is 4.74 Å². The van der Waals surface area contributed by atoms with Crippen LogP contribution in [0, 0.1) is 11.8 Å². The summed E-state index contributed by atoms with van der Waals surface area (Å²) in [7, 11) is 1.78. The molecule has 0 radical (unpaired) electrons. The van der Waals surface area contributed by atoms with Crippen LogP contribution in [-0.2, 0) is 6.42 Å². The van der Waals surface area contributed by atoms with Crippen molar-refractivity contribution in [1.82, 2.24) is 4.90 Å². The number of hydrogen-bond acceptors (Lipinski definition) is 2. The third kappa shape index (κ3) is 3.03. The molecular formula is C20H29NO. The van der Waals surface area contributed by atoms with E-state index in [9.17, 15) is 0 Å². The van der Waals surface area contributed by atoms with Gasteiger partial charge in [-0.2, -0.15) is 0 Å². The molecule has 3 aliphatic carbocycles. The molecule has 2 atom stereocenters. The summed E-state index contributed by atoms with van der Waals surface area (Å²) in [5.41, 5.74) is 3.08. The zero-order chi connectivity index (χ0) is 15.1. The van der Waals surface area contributed by atoms with Crippen molar-refractivity contribution < 1.29 is 4.74 Å². The fourth-order valence-corrected chi connectivity index (χ4v) is 4.22. The van der Waals surface area contributed by atoms with E-state index in [0.29, 0.717) is 5.92 Å². The van der Waals surface area contributed by atoms with Gasteiger partial charge in [-0.25, -0.2) is 0 Å². The number of benzene rings is 1. The highest BCUT2D eigenvalue weighted by Gasteiger charge is 2.36. The summed E-state index contributed by atoms with van der Waals surface area (Å²) in [6.45, 7) is 5.14. The molecule has 0 amide bonds. The van der Waals surface area contributed by atoms with Crippen molar-refractivity contribution in [3.63, 3.8) is 0 Å². The number of methoxy groups -OCH3 is 1. The van der Waals surface area contributed by atoms with E-state index in [-0.39, 0.29) is 0 Å². The molecule has 0 saturated heterocycles. The Balaban J connectivity index is 1.54. The second-order valence-corrected chi connectivity index (χ2v) is 7.80. The molecule has 1 aromatic carbocycles. The van der Waals surface area contributed by atoms with Crippen molar-refractivity contribution in [2.75, 3.05) is 20.2 Å². The Morgan fingerprint density at radius 2 is 1.73 bits per heavy atom. The lowest BCUT2D eigenvalue weighted by molar-refractivity contribution is 0.145. The van der Waals surface area contributed by atoms with Crippen LogP contribution in [0.1, 0.15) is 56.1 Å². The molecule has 2 fully saturated rings. The second-order valence-electron chi connectivity index (χ2n) is 7.80. The quantitative estimate of drug-likeness (QED) is 0.779. The molecule has 3 aliphatic rings. The standard InChI is InChI=1S/C20H29NO/c1-14-19-11-18(22-2)9-7-17(19)8-10-20(14)21(12-15-3-4-15)13-16-5-6-16/h7,9,11,14-16,20H,3-6,8,10,12-13H2,1-2H3/t14-,20+/m1/s1. The maximum Gasteiger partial charge on any atom is 0.119 e. The highest BCUT2D eigenvalue weighted by molar-refractivity contribution is 5.40. The highest BCUT2D eigenvalue weighted by atomic mass is 16.5. The van der Waals surface area contributed by atoms with Gasteiger partial charge in [0.2, 0.25) is 0 Å². The van der Waals surface area contributed by atoms with Crippen LogP contribution < -0.4 is 4.74 Å². The SMILES string of the molecule is COc1ccc2c(c1)[C@@H](C)[C@@H](N(CC1CC1)CC1CC1)CC2. The van der Waals surface area contributed by atoms with Crippen LogP contribution in [0.4, 0.5) is 0 Å². The average molecular weight is 299 g/mol. The summed E-state index contributed by atoms with van der Waals surface area (Å²) < 4.78 is 5.46. The third-order valence-corrected chi connectivity index (χ3v) is 5.98. The Labute approximate surface area is 134 Å². The molecule has 4 rings (SSSR count). The predicted octanol–water partition coefficient (Wildman–Crippen LogP) is 4.24. The summed E-state index contributed by atoms with van der Waals surface area (Å²) in [6, 6.07) is 7.43. The first-order chi connectivity index (χ1) is 10.7. The van der Waals surface area contributed by atoms with E-state index in [1.54, 1.807) is 12.7 Å². The van der Waals surface area contributed by atoms with Crippen molar-refractivity contribution in [2.24, 2.45) is 11.8 Å². The van der Waals surface area contributed by atoms with Crippen molar-refractivity contribution in [1.29, 1.82) is 0 Å². The largest absolute Gasteiger partial charge is 0.497 e. The highest BCUT2D eigenvalue weighted by Crippen LogP contribution is 2.41. The molecular weight excluding hydrogens is 270 g/mol. The van der Waals surface area contributed by atoms with E-state index in [1.807, 2.05) is 0 Å². The first kappa shape index (κ1) is 14.6. The number of rotatable bonds is 6. The van der Waals surface area contributed by atoms with E-state index in [2.05, 4.69) is 30.0 Å². The topological polar surface area (TPSA) is 12.5 Å². The molecule has 1 aromatic rings. The second kappa shape index (κ2) is 5.88. The maximum absolute atomic E-state index is 5.46. The minimum Gasteiger partial charge on any atom is -0.497 e. The number of nitrogens with zero attached hydrogens (tertiary/aromatic N) is 1. The first-order valence-electron chi connectivity index (χ1n) is 9.15. The van der Waals surface area contributed by atoms with Crippen LogP contribution in [0.5, 0.6) is 5.75 Å². The Morgan fingerprint density at radius 3 is 2.32 bits per heavy atom. The molecule has 2 saturated carbocycles. The fourth-order valence-electron chi connectivity index (χ4n) is 4.22. The Bertz CT molecular complexity index is 519. The van der Waals surface area contributed by atoms with E-state index < -0.39 is 0 Å². The van der Waals surface area contributed by atoms with Crippen molar-refractivity contribution >= 4 is 0 Å². The molecule has 120 valence electrons. The summed E-state index contributed by atoms with van der Waals surface area (Å²) >= 11 is 0. The first-order valence-corrected chi connectivity index (χ1v) is 9.15. The minimum atomic E-state index is 0.636. The lowest BCUT2D eigenvalue weighted by Crippen LogP contribution is -2.43. The van der Waals surface area contributed by atoms with Gasteiger partial charge in [-0.05, 0) is 79.5 Å². The molecule has 0 unspecified atom stereocenters. The molecule has 2 heteroatoms. The van der Waals surface area contributed by atoms with Gasteiger partial charge in [0.05, 0.1) is 7.11 Å². The number of ether oxygens (including phenoxy) is 1. The Kier molecular flexibility index (Phi) is 3.89. The lowest BCUT2D eigenvalue weighted by atomic mass is 9.79. The van der Waals surface area contributed by atoms with Gasteiger partial charge in [-0.3, -0.25) is 4.90 Å². The molecule has 22 heavy (non-hydrogen) atoms. The van der Waals surface area contributed by atoms with Crippen LogP contribution in [0.2, 0.25) is 0 Å². The van der Waals surface area contributed by atoms with E-state index in [1.165, 1.54) is 57.2 Å². The van der Waals surface area contributed by atoms with Gasteiger partial charge >= 0.3 is 0 Å². The van der Waals surface area contributed by atoms with E-state index in [0.717, 1.165) is 23.6 Å². The van der Waals surface area contributed by atoms with Gasteiger partial charge in [0.1, 0.15) is 5.75 Å². The van der Waals surface area contributed by atoms with Crippen LogP contribution >= 0.6 is 0 Å². The van der Waals surface area contributed by atoms with Gasteiger partial charge in [0.15, 0.2) is 0 Å². The average Bonchev–Trinajstić information content (AvgIpc) is 3.43. The van der Waals surface area contributed by atoms with Gasteiger partial charge in [0.25, 0.3) is 0 Å². The minimum absolute atomic E-state index is 0.636. The third-order valence-electron chi connectivity index (χ3n) is 5.98. The molecule has 0 heterocycles. The predicted molar refractivity (Wildman–Crippen MR) is 90.5 cm³/mol. The fraction of sp³-hybridized carbons (Fsp3) is 0.700. The summed E-state index contributed by atoms with van der Waals surface area (Å²) in [5, 5.41) is 0. The molecule has 0 spiro atoms. The molecule has 0 aromatic heterocycles. The number of fused-ring (bicyclic) bond motifs is 1. The number of aryl methyl sites for hydroxylation is 1. The monoisotopic (exact) mass is 299 g/mol. The lowest BCUT2D eigenvalue weighted by Gasteiger charge is -2.40. The smallest absolute Gasteiger partial charge is 0.119 e. The zero-order valence-corrected chi connectivity index (χ0v) is 14.1. The normalized spacial score (nSPS) is 27.8. The van der Waals surface area contributed by atoms with Crippen molar-refractivity contribution in [3.05, 3.63) is 29.3 Å². The van der Waals surface area contributed by atoms with Gasteiger partial charge in [-0.1, -0.05) is 13.0 Å². The summed E-state index contributed by atoms with van der Waals surface area (Å²) in [5.74, 6) is 3.65. The van der Waals surface area contributed by atoms with E-state index in [4.69, 9.17) is 4.74 Å². The summed E-state index contributed by atoms with van der Waals surface area (Å²) in [6.07, 6.45) is 8.43. The summed E-state index contributed by atoms with van der Waals surface area (Å²) in [4.78, 5) is 2.86. The maximum atomic E-state index is 5.46. The van der Waals surface area contributed by atoms with Gasteiger partial charge in [-0.15, -0.1) is 0 Å². The van der Waals surface area contributed by atoms with Crippen LogP contribution in [0.25, 0.3) is 0 Å². The molecule has 0 bridgehead atoms. The molecule has 0 N–H and O–H groups in total.